The van der Waals surface area contributed by atoms with Gasteiger partial charge in [0, 0.05) is 19.2 Å². The second-order valence-corrected chi connectivity index (χ2v) is 4.21. The highest BCUT2D eigenvalue weighted by Gasteiger charge is 2.14. The summed E-state index contributed by atoms with van der Waals surface area (Å²) in [6, 6.07) is 0.770. The normalized spacial score (nSPS) is 21.4. The van der Waals surface area contributed by atoms with E-state index in [0.717, 1.165) is 32.3 Å². The Labute approximate surface area is 94.2 Å². The molecule has 0 aromatic heterocycles. The highest BCUT2D eigenvalue weighted by molar-refractivity contribution is 4.75. The molecule has 0 aromatic rings. The summed E-state index contributed by atoms with van der Waals surface area (Å²) in [5.41, 5.74) is 0. The standard InChI is InChI=1S/C12H26N2O/c1-3-14(10-11-15-4-2)9-7-12-6-5-8-13-12/h12-13H,3-11H2,1-2H3. The topological polar surface area (TPSA) is 24.5 Å². The lowest BCUT2D eigenvalue weighted by Crippen LogP contribution is -2.33. The van der Waals surface area contributed by atoms with Crippen LogP contribution in [-0.4, -0.2) is 50.3 Å². The zero-order chi connectivity index (χ0) is 10.9. The van der Waals surface area contributed by atoms with Gasteiger partial charge in [-0.25, -0.2) is 0 Å². The largest absolute Gasteiger partial charge is 0.380 e. The zero-order valence-electron chi connectivity index (χ0n) is 10.3. The third-order valence-corrected chi connectivity index (χ3v) is 3.16. The van der Waals surface area contributed by atoms with E-state index in [9.17, 15) is 0 Å². The third-order valence-electron chi connectivity index (χ3n) is 3.16. The molecule has 1 heterocycles. The lowest BCUT2D eigenvalue weighted by molar-refractivity contribution is 0.114. The summed E-state index contributed by atoms with van der Waals surface area (Å²) in [4.78, 5) is 2.48. The van der Waals surface area contributed by atoms with Crippen molar-refractivity contribution in [3.63, 3.8) is 0 Å². The Balaban J connectivity index is 2.04. The van der Waals surface area contributed by atoms with E-state index in [4.69, 9.17) is 4.74 Å². The molecule has 1 saturated heterocycles. The number of nitrogens with one attached hydrogen (secondary N) is 1. The Morgan fingerprint density at radius 1 is 1.33 bits per heavy atom. The number of hydrogen-bond donors (Lipinski definition) is 1. The number of ether oxygens (including phenoxy) is 1. The van der Waals surface area contributed by atoms with Crippen LogP contribution in [0.15, 0.2) is 0 Å². The summed E-state index contributed by atoms with van der Waals surface area (Å²) in [5.74, 6) is 0. The maximum Gasteiger partial charge on any atom is 0.0593 e. The van der Waals surface area contributed by atoms with Gasteiger partial charge in [0.2, 0.25) is 0 Å². The van der Waals surface area contributed by atoms with E-state index in [1.54, 1.807) is 0 Å². The second-order valence-electron chi connectivity index (χ2n) is 4.21. The average molecular weight is 214 g/mol. The van der Waals surface area contributed by atoms with Crippen LogP contribution in [0.2, 0.25) is 0 Å². The molecule has 0 amide bonds. The number of rotatable bonds is 8. The van der Waals surface area contributed by atoms with Crippen molar-refractivity contribution in [2.75, 3.05) is 39.4 Å². The molecule has 0 spiro atoms. The monoisotopic (exact) mass is 214 g/mol. The minimum absolute atomic E-state index is 0.770. The van der Waals surface area contributed by atoms with E-state index < -0.39 is 0 Å². The van der Waals surface area contributed by atoms with Gasteiger partial charge in [-0.3, -0.25) is 0 Å². The molecule has 90 valence electrons. The van der Waals surface area contributed by atoms with Crippen LogP contribution in [0.3, 0.4) is 0 Å². The van der Waals surface area contributed by atoms with Crippen LogP contribution < -0.4 is 5.32 Å². The smallest absolute Gasteiger partial charge is 0.0593 e. The van der Waals surface area contributed by atoms with Crippen LogP contribution in [-0.2, 0) is 4.74 Å². The summed E-state index contributed by atoms with van der Waals surface area (Å²) in [5, 5.41) is 3.55. The van der Waals surface area contributed by atoms with E-state index in [0.29, 0.717) is 0 Å². The van der Waals surface area contributed by atoms with Crippen molar-refractivity contribution in [1.82, 2.24) is 10.2 Å². The first kappa shape index (κ1) is 12.9. The first-order chi connectivity index (χ1) is 7.36. The molecule has 0 saturated carbocycles. The quantitative estimate of drug-likeness (QED) is 0.620. The molecule has 1 aliphatic heterocycles. The van der Waals surface area contributed by atoms with Crippen LogP contribution in [0.4, 0.5) is 0 Å². The predicted octanol–water partition coefficient (Wildman–Crippen LogP) is 1.49. The molecule has 0 aromatic carbocycles. The Morgan fingerprint density at radius 2 is 2.20 bits per heavy atom. The molecule has 1 fully saturated rings. The Hall–Kier alpha value is -0.120. The molecule has 3 nitrogen and oxygen atoms in total. The van der Waals surface area contributed by atoms with Gasteiger partial charge < -0.3 is 15.0 Å². The minimum Gasteiger partial charge on any atom is -0.380 e. The van der Waals surface area contributed by atoms with E-state index in [-0.39, 0.29) is 0 Å². The zero-order valence-corrected chi connectivity index (χ0v) is 10.3. The van der Waals surface area contributed by atoms with Gasteiger partial charge in [0.25, 0.3) is 0 Å². The molecular weight excluding hydrogens is 188 g/mol. The van der Waals surface area contributed by atoms with E-state index in [1.165, 1.54) is 32.4 Å². The van der Waals surface area contributed by atoms with E-state index in [1.807, 2.05) is 0 Å². The van der Waals surface area contributed by atoms with Gasteiger partial charge in [0.15, 0.2) is 0 Å². The lowest BCUT2D eigenvalue weighted by atomic mass is 10.1. The van der Waals surface area contributed by atoms with Gasteiger partial charge in [0.1, 0.15) is 0 Å². The van der Waals surface area contributed by atoms with Crippen molar-refractivity contribution in [3.05, 3.63) is 0 Å². The molecule has 0 aliphatic carbocycles. The molecule has 1 unspecified atom stereocenters. The fourth-order valence-electron chi connectivity index (χ4n) is 2.11. The second kappa shape index (κ2) is 8.08. The predicted molar refractivity (Wildman–Crippen MR) is 64.2 cm³/mol. The summed E-state index contributed by atoms with van der Waals surface area (Å²) < 4.78 is 5.38. The van der Waals surface area contributed by atoms with Gasteiger partial charge in [-0.15, -0.1) is 0 Å². The summed E-state index contributed by atoms with van der Waals surface area (Å²) in [6.07, 6.45) is 4.01. The van der Waals surface area contributed by atoms with Crippen molar-refractivity contribution < 1.29 is 4.74 Å². The molecule has 1 atom stereocenters. The maximum atomic E-state index is 5.38. The first-order valence-corrected chi connectivity index (χ1v) is 6.40. The van der Waals surface area contributed by atoms with Crippen LogP contribution >= 0.6 is 0 Å². The average Bonchev–Trinajstić information content (AvgIpc) is 2.76. The maximum absolute atomic E-state index is 5.38. The van der Waals surface area contributed by atoms with Gasteiger partial charge >= 0.3 is 0 Å². The van der Waals surface area contributed by atoms with Gasteiger partial charge in [-0.2, -0.15) is 0 Å². The van der Waals surface area contributed by atoms with Crippen molar-refractivity contribution in [1.29, 1.82) is 0 Å². The third kappa shape index (κ3) is 5.50. The van der Waals surface area contributed by atoms with Crippen molar-refractivity contribution in [2.24, 2.45) is 0 Å². The van der Waals surface area contributed by atoms with Gasteiger partial charge in [-0.1, -0.05) is 6.92 Å². The number of nitrogens with zero attached hydrogens (tertiary/aromatic N) is 1. The van der Waals surface area contributed by atoms with Crippen LogP contribution in [0, 0.1) is 0 Å². The Morgan fingerprint density at radius 3 is 2.80 bits per heavy atom. The summed E-state index contributed by atoms with van der Waals surface area (Å²) in [7, 11) is 0. The van der Waals surface area contributed by atoms with Crippen LogP contribution in [0.1, 0.15) is 33.1 Å². The highest BCUT2D eigenvalue weighted by atomic mass is 16.5. The Kier molecular flexibility index (Phi) is 6.98. The van der Waals surface area contributed by atoms with Crippen molar-refractivity contribution in [2.45, 2.75) is 39.2 Å². The summed E-state index contributed by atoms with van der Waals surface area (Å²) >= 11 is 0. The highest BCUT2D eigenvalue weighted by Crippen LogP contribution is 2.09. The van der Waals surface area contributed by atoms with Crippen molar-refractivity contribution >= 4 is 0 Å². The molecule has 1 aliphatic rings. The molecule has 15 heavy (non-hydrogen) atoms. The Bertz CT molecular complexity index is 147. The fraction of sp³-hybridized carbons (Fsp3) is 1.00. The fourth-order valence-corrected chi connectivity index (χ4v) is 2.11. The molecule has 3 heteroatoms. The van der Waals surface area contributed by atoms with Crippen LogP contribution in [0.5, 0.6) is 0 Å². The van der Waals surface area contributed by atoms with E-state index in [2.05, 4.69) is 24.1 Å². The lowest BCUT2D eigenvalue weighted by Gasteiger charge is -2.22. The molecular formula is C12H26N2O. The van der Waals surface area contributed by atoms with E-state index >= 15 is 0 Å². The number of likely N-dealkylation sites (N-methyl/N-ethyl adjacent to an activating group) is 1. The van der Waals surface area contributed by atoms with Gasteiger partial charge in [0.05, 0.1) is 6.61 Å². The van der Waals surface area contributed by atoms with Crippen molar-refractivity contribution in [3.8, 4) is 0 Å². The van der Waals surface area contributed by atoms with Crippen LogP contribution in [0.25, 0.3) is 0 Å². The summed E-state index contributed by atoms with van der Waals surface area (Å²) in [6.45, 7) is 10.6. The minimum atomic E-state index is 0.770. The molecule has 1 rings (SSSR count). The first-order valence-electron chi connectivity index (χ1n) is 6.40. The SMILES string of the molecule is CCOCCN(CC)CCC1CCCN1. The number of hydrogen-bond acceptors (Lipinski definition) is 3. The van der Waals surface area contributed by atoms with Gasteiger partial charge in [-0.05, 0) is 45.8 Å². The molecule has 0 bridgehead atoms. The molecule has 0 radical (unpaired) electrons. The molecule has 1 N–H and O–H groups in total.